The molecule has 2 nitrogen and oxygen atoms in total. The summed E-state index contributed by atoms with van der Waals surface area (Å²) in [4.78, 5) is 12.2. The molecule has 1 aromatic carbocycles. The third-order valence-corrected chi connectivity index (χ3v) is 5.70. The average molecular weight is 272 g/mol. The molecule has 0 aliphatic heterocycles. The van der Waals surface area contributed by atoms with E-state index in [1.54, 1.807) is 0 Å². The largest absolute Gasteiger partial charge is 0.481 e. The van der Waals surface area contributed by atoms with E-state index in [1.807, 2.05) is 12.1 Å². The number of benzene rings is 1. The molecule has 2 atom stereocenters. The zero-order valence-electron chi connectivity index (χ0n) is 12.3. The summed E-state index contributed by atoms with van der Waals surface area (Å²) in [6, 6.07) is 8.30. The predicted molar refractivity (Wildman–Crippen MR) is 79.7 cm³/mol. The zero-order valence-corrected chi connectivity index (χ0v) is 12.3. The highest BCUT2D eigenvalue weighted by molar-refractivity contribution is 5.77. The van der Waals surface area contributed by atoms with Crippen LogP contribution in [0.3, 0.4) is 0 Å². The molecule has 108 valence electrons. The molecule has 2 aliphatic carbocycles. The molecule has 20 heavy (non-hydrogen) atoms. The Morgan fingerprint density at radius 3 is 2.35 bits per heavy atom. The van der Waals surface area contributed by atoms with Gasteiger partial charge in [0.05, 0.1) is 5.41 Å². The Labute approximate surface area is 121 Å². The summed E-state index contributed by atoms with van der Waals surface area (Å²) in [7, 11) is 0. The fourth-order valence-corrected chi connectivity index (χ4v) is 4.64. The smallest absolute Gasteiger partial charge is 0.310 e. The third-order valence-electron chi connectivity index (χ3n) is 5.70. The van der Waals surface area contributed by atoms with Crippen molar-refractivity contribution < 1.29 is 9.90 Å². The molecule has 0 radical (unpaired) electrons. The molecule has 1 saturated carbocycles. The number of fused-ring (bicyclic) bond motifs is 1. The van der Waals surface area contributed by atoms with Gasteiger partial charge in [0, 0.05) is 0 Å². The van der Waals surface area contributed by atoms with Gasteiger partial charge in [0.15, 0.2) is 0 Å². The monoisotopic (exact) mass is 272 g/mol. The van der Waals surface area contributed by atoms with Gasteiger partial charge in [-0.2, -0.15) is 0 Å². The Morgan fingerprint density at radius 2 is 1.80 bits per heavy atom. The number of aliphatic carboxylic acids is 1. The SMILES string of the molecule is CCC1CCCCC1C1(C(=O)O)Cc2ccccc2C1. The molecule has 3 rings (SSSR count). The van der Waals surface area contributed by atoms with E-state index in [4.69, 9.17) is 0 Å². The second-order valence-electron chi connectivity index (χ2n) is 6.64. The van der Waals surface area contributed by atoms with Gasteiger partial charge < -0.3 is 5.11 Å². The van der Waals surface area contributed by atoms with Crippen molar-refractivity contribution in [3.63, 3.8) is 0 Å². The number of carbonyl (C=O) groups is 1. The highest BCUT2D eigenvalue weighted by Crippen LogP contribution is 2.51. The van der Waals surface area contributed by atoms with Gasteiger partial charge in [0.1, 0.15) is 0 Å². The molecule has 1 aromatic rings. The van der Waals surface area contributed by atoms with Crippen LogP contribution < -0.4 is 0 Å². The second-order valence-corrected chi connectivity index (χ2v) is 6.64. The minimum atomic E-state index is -0.570. The Balaban J connectivity index is 1.96. The summed E-state index contributed by atoms with van der Waals surface area (Å²) in [5, 5.41) is 10.0. The molecule has 2 unspecified atom stereocenters. The molecule has 0 aromatic heterocycles. The maximum atomic E-state index is 12.2. The summed E-state index contributed by atoms with van der Waals surface area (Å²) < 4.78 is 0. The van der Waals surface area contributed by atoms with Crippen LogP contribution in [0.15, 0.2) is 24.3 Å². The Morgan fingerprint density at radius 1 is 1.20 bits per heavy atom. The molecule has 1 fully saturated rings. The van der Waals surface area contributed by atoms with Crippen LogP contribution in [0.4, 0.5) is 0 Å². The molecule has 0 bridgehead atoms. The maximum Gasteiger partial charge on any atom is 0.310 e. The van der Waals surface area contributed by atoms with E-state index in [-0.39, 0.29) is 0 Å². The van der Waals surface area contributed by atoms with E-state index in [9.17, 15) is 9.90 Å². The van der Waals surface area contributed by atoms with Crippen molar-refractivity contribution in [3.05, 3.63) is 35.4 Å². The van der Waals surface area contributed by atoms with Gasteiger partial charge in [-0.25, -0.2) is 0 Å². The first-order valence-electron chi connectivity index (χ1n) is 7.97. The Kier molecular flexibility index (Phi) is 3.57. The second kappa shape index (κ2) is 5.23. The number of carboxylic acids is 1. The van der Waals surface area contributed by atoms with Crippen LogP contribution in [0, 0.1) is 17.3 Å². The van der Waals surface area contributed by atoms with Crippen molar-refractivity contribution in [2.45, 2.75) is 51.9 Å². The third kappa shape index (κ3) is 2.06. The molecule has 0 amide bonds. The van der Waals surface area contributed by atoms with Crippen LogP contribution in [0.5, 0.6) is 0 Å². The van der Waals surface area contributed by atoms with Crippen LogP contribution in [-0.2, 0) is 17.6 Å². The van der Waals surface area contributed by atoms with Crippen molar-refractivity contribution in [3.8, 4) is 0 Å². The van der Waals surface area contributed by atoms with Crippen LogP contribution in [0.1, 0.15) is 50.2 Å². The highest BCUT2D eigenvalue weighted by Gasteiger charge is 2.52. The number of rotatable bonds is 3. The van der Waals surface area contributed by atoms with Gasteiger partial charge >= 0.3 is 5.97 Å². The first kappa shape index (κ1) is 13.7. The van der Waals surface area contributed by atoms with Crippen LogP contribution >= 0.6 is 0 Å². The Hall–Kier alpha value is -1.31. The summed E-state index contributed by atoms with van der Waals surface area (Å²) >= 11 is 0. The minimum absolute atomic E-state index is 0.353. The number of hydrogen-bond donors (Lipinski definition) is 1. The molecule has 2 aliphatic rings. The van der Waals surface area contributed by atoms with Gasteiger partial charge in [-0.15, -0.1) is 0 Å². The lowest BCUT2D eigenvalue weighted by Gasteiger charge is -2.41. The van der Waals surface area contributed by atoms with Crippen molar-refractivity contribution in [1.82, 2.24) is 0 Å². The molecule has 1 N–H and O–H groups in total. The van der Waals surface area contributed by atoms with Gasteiger partial charge in [0.25, 0.3) is 0 Å². The summed E-state index contributed by atoms with van der Waals surface area (Å²) in [6.45, 7) is 2.22. The van der Waals surface area contributed by atoms with Gasteiger partial charge in [-0.3, -0.25) is 4.79 Å². The lowest BCUT2D eigenvalue weighted by Crippen LogP contribution is -2.44. The average Bonchev–Trinajstić information content (AvgIpc) is 2.87. The van der Waals surface area contributed by atoms with Crippen LogP contribution in [0.25, 0.3) is 0 Å². The molecule has 0 heterocycles. The molecule has 2 heteroatoms. The first-order valence-corrected chi connectivity index (χ1v) is 7.97. The van der Waals surface area contributed by atoms with Crippen molar-refractivity contribution in [2.75, 3.05) is 0 Å². The molecule has 0 spiro atoms. The molecular weight excluding hydrogens is 248 g/mol. The topological polar surface area (TPSA) is 37.3 Å². The number of carboxylic acid groups (broad SMARTS) is 1. The van der Waals surface area contributed by atoms with Gasteiger partial charge in [0.2, 0.25) is 0 Å². The molecular formula is C18H24O2. The van der Waals surface area contributed by atoms with E-state index in [0.717, 1.165) is 25.7 Å². The summed E-state index contributed by atoms with van der Waals surface area (Å²) in [6.07, 6.45) is 7.38. The zero-order chi connectivity index (χ0) is 14.2. The van der Waals surface area contributed by atoms with E-state index < -0.39 is 11.4 Å². The standard InChI is InChI=1S/C18H24O2/c1-2-13-7-5-6-10-16(13)18(17(19)20)11-14-8-3-4-9-15(14)12-18/h3-4,8-9,13,16H,2,5-7,10-12H2,1H3,(H,19,20). The predicted octanol–water partition coefficient (Wildman–Crippen LogP) is 4.07. The van der Waals surface area contributed by atoms with Gasteiger partial charge in [-0.05, 0) is 42.2 Å². The summed E-state index contributed by atoms with van der Waals surface area (Å²) in [5.74, 6) is 0.374. The van der Waals surface area contributed by atoms with Crippen molar-refractivity contribution in [1.29, 1.82) is 0 Å². The minimum Gasteiger partial charge on any atom is -0.481 e. The van der Waals surface area contributed by atoms with E-state index >= 15 is 0 Å². The van der Waals surface area contributed by atoms with Crippen LogP contribution in [-0.4, -0.2) is 11.1 Å². The lowest BCUT2D eigenvalue weighted by atomic mass is 9.61. The fraction of sp³-hybridized carbons (Fsp3) is 0.611. The maximum absolute atomic E-state index is 12.2. The quantitative estimate of drug-likeness (QED) is 0.900. The van der Waals surface area contributed by atoms with Crippen LogP contribution in [0.2, 0.25) is 0 Å². The van der Waals surface area contributed by atoms with E-state index in [0.29, 0.717) is 11.8 Å². The van der Waals surface area contributed by atoms with E-state index in [2.05, 4.69) is 19.1 Å². The summed E-state index contributed by atoms with van der Waals surface area (Å²) in [5.41, 5.74) is 1.98. The number of hydrogen-bond acceptors (Lipinski definition) is 1. The van der Waals surface area contributed by atoms with Gasteiger partial charge in [-0.1, -0.05) is 56.9 Å². The Bertz CT molecular complexity index is 481. The highest BCUT2D eigenvalue weighted by atomic mass is 16.4. The van der Waals surface area contributed by atoms with Crippen molar-refractivity contribution >= 4 is 5.97 Å². The first-order chi connectivity index (χ1) is 9.67. The fourth-order valence-electron chi connectivity index (χ4n) is 4.64. The normalized spacial score (nSPS) is 28.1. The molecule has 0 saturated heterocycles. The van der Waals surface area contributed by atoms with E-state index in [1.165, 1.54) is 30.4 Å². The lowest BCUT2D eigenvalue weighted by molar-refractivity contribution is -0.154. The van der Waals surface area contributed by atoms with Crippen molar-refractivity contribution in [2.24, 2.45) is 17.3 Å².